The zero-order valence-corrected chi connectivity index (χ0v) is 14.5. The Bertz CT molecular complexity index is 684. The fourth-order valence-electron chi connectivity index (χ4n) is 1.89. The highest BCUT2D eigenvalue weighted by atomic mass is 32.2. The zero-order valence-electron chi connectivity index (χ0n) is 13.7. The molecule has 2 rings (SSSR count). The molecule has 126 valence electrons. The predicted octanol–water partition coefficient (Wildman–Crippen LogP) is 2.95. The van der Waals surface area contributed by atoms with Crippen LogP contribution in [0, 0.1) is 6.92 Å². The maximum absolute atomic E-state index is 11.9. The van der Waals surface area contributed by atoms with Gasteiger partial charge in [0, 0.05) is 10.5 Å². The number of ether oxygens (including phenoxy) is 1. The first-order valence-electron chi connectivity index (χ1n) is 7.60. The third kappa shape index (κ3) is 5.62. The van der Waals surface area contributed by atoms with E-state index in [9.17, 15) is 9.59 Å². The highest BCUT2D eigenvalue weighted by Gasteiger charge is 2.07. The van der Waals surface area contributed by atoms with Crippen LogP contribution in [0.4, 0.5) is 0 Å². The van der Waals surface area contributed by atoms with Crippen LogP contribution in [0.3, 0.4) is 0 Å². The number of hydrogen-bond donors (Lipinski definition) is 2. The summed E-state index contributed by atoms with van der Waals surface area (Å²) in [5.74, 6) is 0.405. The minimum Gasteiger partial charge on any atom is -0.494 e. The summed E-state index contributed by atoms with van der Waals surface area (Å²) in [5.41, 5.74) is 6.39. The standard InChI is InChI=1S/C18H20N2O3S/c1-3-23-15-8-10-16(11-9-15)24-12-17(21)19-20-18(22)14-6-4-13(2)5-7-14/h4-11H,3,12H2,1-2H3,(H,19,21)(H,20,22). The van der Waals surface area contributed by atoms with Crippen molar-refractivity contribution in [3.05, 3.63) is 59.7 Å². The number of carbonyl (C=O) groups excluding carboxylic acids is 2. The molecular weight excluding hydrogens is 324 g/mol. The van der Waals surface area contributed by atoms with Crippen molar-refractivity contribution in [3.8, 4) is 5.75 Å². The molecule has 2 aromatic rings. The summed E-state index contributed by atoms with van der Waals surface area (Å²) >= 11 is 1.39. The SMILES string of the molecule is CCOc1ccc(SCC(=O)NNC(=O)c2ccc(C)cc2)cc1. The number of carbonyl (C=O) groups is 2. The highest BCUT2D eigenvalue weighted by molar-refractivity contribution is 8.00. The van der Waals surface area contributed by atoms with E-state index >= 15 is 0 Å². The van der Waals surface area contributed by atoms with Gasteiger partial charge in [0.25, 0.3) is 5.91 Å². The van der Waals surface area contributed by atoms with E-state index in [0.717, 1.165) is 16.2 Å². The number of aryl methyl sites for hydroxylation is 1. The molecule has 0 aliphatic carbocycles. The summed E-state index contributed by atoms with van der Waals surface area (Å²) in [6.07, 6.45) is 0. The minimum atomic E-state index is -0.339. The first-order chi connectivity index (χ1) is 11.6. The van der Waals surface area contributed by atoms with E-state index < -0.39 is 0 Å². The van der Waals surface area contributed by atoms with Crippen molar-refractivity contribution >= 4 is 23.6 Å². The van der Waals surface area contributed by atoms with E-state index in [1.165, 1.54) is 11.8 Å². The lowest BCUT2D eigenvalue weighted by molar-refractivity contribution is -0.119. The molecule has 0 spiro atoms. The molecule has 0 atom stereocenters. The summed E-state index contributed by atoms with van der Waals surface area (Å²) in [7, 11) is 0. The summed E-state index contributed by atoms with van der Waals surface area (Å²) < 4.78 is 5.36. The second kappa shape index (κ2) is 8.98. The van der Waals surface area contributed by atoms with Crippen molar-refractivity contribution in [3.63, 3.8) is 0 Å². The lowest BCUT2D eigenvalue weighted by atomic mass is 10.1. The van der Waals surface area contributed by atoms with Gasteiger partial charge in [0.05, 0.1) is 12.4 Å². The summed E-state index contributed by atoms with van der Waals surface area (Å²) in [4.78, 5) is 24.6. The van der Waals surface area contributed by atoms with E-state index in [1.807, 2.05) is 50.2 Å². The number of nitrogens with one attached hydrogen (secondary N) is 2. The quantitative estimate of drug-likeness (QED) is 0.624. The maximum Gasteiger partial charge on any atom is 0.269 e. The number of hydrazine groups is 1. The minimum absolute atomic E-state index is 0.210. The number of benzene rings is 2. The van der Waals surface area contributed by atoms with Crippen LogP contribution in [-0.2, 0) is 4.79 Å². The molecule has 2 N–H and O–H groups in total. The van der Waals surface area contributed by atoms with Gasteiger partial charge < -0.3 is 4.74 Å². The van der Waals surface area contributed by atoms with Gasteiger partial charge in [-0.25, -0.2) is 0 Å². The highest BCUT2D eigenvalue weighted by Crippen LogP contribution is 2.21. The second-order valence-electron chi connectivity index (χ2n) is 5.06. The topological polar surface area (TPSA) is 67.4 Å². The predicted molar refractivity (Wildman–Crippen MR) is 95.1 cm³/mol. The average Bonchev–Trinajstić information content (AvgIpc) is 2.60. The van der Waals surface area contributed by atoms with Crippen LogP contribution in [-0.4, -0.2) is 24.2 Å². The van der Waals surface area contributed by atoms with Gasteiger partial charge in [-0.3, -0.25) is 20.4 Å². The van der Waals surface area contributed by atoms with Crippen LogP contribution in [0.25, 0.3) is 0 Å². The normalized spacial score (nSPS) is 10.1. The Morgan fingerprint density at radius 3 is 2.29 bits per heavy atom. The van der Waals surface area contributed by atoms with Crippen LogP contribution >= 0.6 is 11.8 Å². The van der Waals surface area contributed by atoms with Crippen molar-refractivity contribution in [2.45, 2.75) is 18.7 Å². The Hall–Kier alpha value is -2.47. The average molecular weight is 344 g/mol. The molecule has 0 bridgehead atoms. The van der Waals surface area contributed by atoms with Crippen molar-refractivity contribution in [1.82, 2.24) is 10.9 Å². The maximum atomic E-state index is 11.9. The van der Waals surface area contributed by atoms with Gasteiger partial charge in [0.2, 0.25) is 5.91 Å². The fraction of sp³-hybridized carbons (Fsp3) is 0.222. The number of hydrogen-bond acceptors (Lipinski definition) is 4. The first kappa shape index (κ1) is 17.9. The molecule has 6 heteroatoms. The van der Waals surface area contributed by atoms with Crippen molar-refractivity contribution in [1.29, 1.82) is 0 Å². The second-order valence-corrected chi connectivity index (χ2v) is 6.11. The van der Waals surface area contributed by atoms with Gasteiger partial charge in [-0.15, -0.1) is 11.8 Å². The van der Waals surface area contributed by atoms with Crippen molar-refractivity contribution < 1.29 is 14.3 Å². The lowest BCUT2D eigenvalue weighted by Crippen LogP contribution is -2.42. The monoisotopic (exact) mass is 344 g/mol. The Labute approximate surface area is 145 Å². The number of thioether (sulfide) groups is 1. The molecule has 2 aromatic carbocycles. The van der Waals surface area contributed by atoms with Gasteiger partial charge in [-0.2, -0.15) is 0 Å². The van der Waals surface area contributed by atoms with Crippen molar-refractivity contribution in [2.75, 3.05) is 12.4 Å². The van der Waals surface area contributed by atoms with E-state index in [4.69, 9.17) is 4.74 Å². The molecule has 0 aliphatic rings. The molecule has 24 heavy (non-hydrogen) atoms. The third-order valence-electron chi connectivity index (χ3n) is 3.13. The first-order valence-corrected chi connectivity index (χ1v) is 8.58. The Kier molecular flexibility index (Phi) is 6.69. The molecular formula is C18H20N2O3S. The van der Waals surface area contributed by atoms with E-state index in [1.54, 1.807) is 12.1 Å². The molecule has 0 saturated heterocycles. The Morgan fingerprint density at radius 1 is 1.00 bits per heavy atom. The van der Waals surface area contributed by atoms with E-state index in [2.05, 4.69) is 10.9 Å². The summed E-state index contributed by atoms with van der Waals surface area (Å²) in [6.45, 7) is 4.50. The van der Waals surface area contributed by atoms with E-state index in [-0.39, 0.29) is 17.6 Å². The van der Waals surface area contributed by atoms with Crippen LogP contribution in [0.15, 0.2) is 53.4 Å². The smallest absolute Gasteiger partial charge is 0.269 e. The summed E-state index contributed by atoms with van der Waals surface area (Å²) in [5, 5.41) is 0. The van der Waals surface area contributed by atoms with Gasteiger partial charge in [-0.1, -0.05) is 17.7 Å². The van der Waals surface area contributed by atoms with Gasteiger partial charge in [0.15, 0.2) is 0 Å². The Balaban J connectivity index is 1.74. The van der Waals surface area contributed by atoms with Gasteiger partial charge in [-0.05, 0) is 50.2 Å². The molecule has 0 saturated carbocycles. The van der Waals surface area contributed by atoms with E-state index in [0.29, 0.717) is 12.2 Å². The van der Waals surface area contributed by atoms with Crippen LogP contribution in [0.5, 0.6) is 5.75 Å². The largest absolute Gasteiger partial charge is 0.494 e. The van der Waals surface area contributed by atoms with Gasteiger partial charge >= 0.3 is 0 Å². The van der Waals surface area contributed by atoms with Crippen LogP contribution in [0.2, 0.25) is 0 Å². The molecule has 0 fully saturated rings. The molecule has 0 aliphatic heterocycles. The van der Waals surface area contributed by atoms with Crippen LogP contribution in [0.1, 0.15) is 22.8 Å². The third-order valence-corrected chi connectivity index (χ3v) is 4.15. The number of rotatable bonds is 6. The molecule has 0 unspecified atom stereocenters. The Morgan fingerprint density at radius 2 is 1.67 bits per heavy atom. The lowest BCUT2D eigenvalue weighted by Gasteiger charge is -2.08. The molecule has 2 amide bonds. The molecule has 0 aromatic heterocycles. The summed E-state index contributed by atoms with van der Waals surface area (Å²) in [6, 6.07) is 14.6. The van der Waals surface area contributed by atoms with Crippen molar-refractivity contribution in [2.24, 2.45) is 0 Å². The fourth-order valence-corrected chi connectivity index (χ4v) is 2.59. The number of amides is 2. The molecule has 5 nitrogen and oxygen atoms in total. The molecule has 0 heterocycles. The van der Waals surface area contributed by atoms with Crippen LogP contribution < -0.4 is 15.6 Å². The molecule has 0 radical (unpaired) electrons. The van der Waals surface area contributed by atoms with Gasteiger partial charge in [0.1, 0.15) is 5.75 Å². The zero-order chi connectivity index (χ0) is 17.4.